The van der Waals surface area contributed by atoms with E-state index in [-0.39, 0.29) is 44.3 Å². The van der Waals surface area contributed by atoms with E-state index in [1.807, 2.05) is 6.26 Å². The highest BCUT2D eigenvalue weighted by molar-refractivity contribution is 7.98. The predicted molar refractivity (Wildman–Crippen MR) is 164 cm³/mol. The fourth-order valence-corrected chi connectivity index (χ4v) is 4.28. The number of benzene rings is 1. The highest BCUT2D eigenvalue weighted by atomic mass is 32.2. The van der Waals surface area contributed by atoms with Crippen molar-refractivity contribution in [2.75, 3.05) is 25.1 Å². The highest BCUT2D eigenvalue weighted by Crippen LogP contribution is 2.08. The van der Waals surface area contributed by atoms with Gasteiger partial charge in [0.15, 0.2) is 11.9 Å². The topological polar surface area (TPSA) is 279 Å². The van der Waals surface area contributed by atoms with Gasteiger partial charge in [0.1, 0.15) is 18.1 Å². The molecular formula is C26H44N10O5S. The molecule has 0 aliphatic heterocycles. The molecule has 0 bridgehead atoms. The summed E-state index contributed by atoms with van der Waals surface area (Å²) in [6, 6.07) is 4.52. The molecule has 4 unspecified atom stereocenters. The van der Waals surface area contributed by atoms with Crippen LogP contribution in [-0.4, -0.2) is 90.0 Å². The summed E-state index contributed by atoms with van der Waals surface area (Å²) in [5, 5.41) is 17.6. The number of carbonyl (C=O) groups is 4. The van der Waals surface area contributed by atoms with Crippen molar-refractivity contribution in [2.24, 2.45) is 38.7 Å². The van der Waals surface area contributed by atoms with Crippen molar-refractivity contribution in [1.82, 2.24) is 16.0 Å². The summed E-state index contributed by atoms with van der Waals surface area (Å²) >= 11 is 1.53. The molecule has 14 N–H and O–H groups in total. The number of guanidine groups is 2. The Labute approximate surface area is 249 Å². The first-order chi connectivity index (χ1) is 19.9. The average Bonchev–Trinajstić information content (AvgIpc) is 2.94. The van der Waals surface area contributed by atoms with Gasteiger partial charge in [-0.25, -0.2) is 4.79 Å². The van der Waals surface area contributed by atoms with E-state index in [0.717, 1.165) is 0 Å². The molecule has 1 aromatic carbocycles. The summed E-state index contributed by atoms with van der Waals surface area (Å²) in [5.74, 6) is -2.70. The van der Waals surface area contributed by atoms with Crippen molar-refractivity contribution in [1.29, 1.82) is 0 Å². The number of amides is 3. The minimum atomic E-state index is -1.25. The summed E-state index contributed by atoms with van der Waals surface area (Å²) in [6.07, 6.45) is 3.21. The predicted octanol–water partition coefficient (Wildman–Crippen LogP) is -2.04. The lowest BCUT2D eigenvalue weighted by atomic mass is 10.0. The van der Waals surface area contributed by atoms with Crippen molar-refractivity contribution in [3.05, 3.63) is 35.9 Å². The maximum atomic E-state index is 13.4. The molecule has 0 radical (unpaired) electrons. The molecule has 42 heavy (non-hydrogen) atoms. The summed E-state index contributed by atoms with van der Waals surface area (Å²) in [6.45, 7) is 0.389. The van der Waals surface area contributed by atoms with Crippen LogP contribution in [0.1, 0.15) is 37.7 Å². The molecule has 4 atom stereocenters. The average molecular weight is 609 g/mol. The fraction of sp³-hybridized carbons (Fsp3) is 0.538. The third-order valence-corrected chi connectivity index (χ3v) is 6.67. The number of carboxylic acid groups (broad SMARTS) is 1. The molecule has 0 spiro atoms. The molecule has 1 aromatic rings. The fourth-order valence-electron chi connectivity index (χ4n) is 3.79. The molecule has 0 heterocycles. The molecule has 234 valence electrons. The molecule has 15 nitrogen and oxygen atoms in total. The number of carbonyl (C=O) groups excluding carboxylic acids is 3. The SMILES string of the molecule is CSCCC(N)C(=O)NC(CCCN=C(N)N)C(=O)NC(CCCN=C(N)N)C(=O)NC(Cc1ccccc1)C(=O)O. The van der Waals surface area contributed by atoms with Gasteiger partial charge in [0, 0.05) is 19.5 Å². The van der Waals surface area contributed by atoms with Crippen molar-refractivity contribution in [3.63, 3.8) is 0 Å². The van der Waals surface area contributed by atoms with Gasteiger partial charge in [-0.05, 0) is 49.7 Å². The van der Waals surface area contributed by atoms with Gasteiger partial charge in [0.25, 0.3) is 0 Å². The van der Waals surface area contributed by atoms with Crippen molar-refractivity contribution < 1.29 is 24.3 Å². The van der Waals surface area contributed by atoms with E-state index < -0.39 is 47.9 Å². The summed E-state index contributed by atoms with van der Waals surface area (Å²) in [4.78, 5) is 59.1. The van der Waals surface area contributed by atoms with Crippen LogP contribution < -0.4 is 44.6 Å². The maximum Gasteiger partial charge on any atom is 0.326 e. The normalized spacial score (nSPS) is 13.5. The van der Waals surface area contributed by atoms with E-state index in [1.54, 1.807) is 30.3 Å². The largest absolute Gasteiger partial charge is 0.480 e. The number of hydrogen-bond donors (Lipinski definition) is 9. The first-order valence-electron chi connectivity index (χ1n) is 13.5. The van der Waals surface area contributed by atoms with Crippen LogP contribution in [0.5, 0.6) is 0 Å². The van der Waals surface area contributed by atoms with Crippen molar-refractivity contribution in [3.8, 4) is 0 Å². The molecule has 0 aliphatic rings. The van der Waals surface area contributed by atoms with E-state index in [2.05, 4.69) is 25.9 Å². The van der Waals surface area contributed by atoms with Gasteiger partial charge in [0.2, 0.25) is 17.7 Å². The Morgan fingerprint density at radius 2 is 1.26 bits per heavy atom. The molecule has 0 aliphatic carbocycles. The first-order valence-corrected chi connectivity index (χ1v) is 14.9. The number of rotatable bonds is 20. The second-order valence-corrected chi connectivity index (χ2v) is 10.5. The van der Waals surface area contributed by atoms with E-state index in [9.17, 15) is 24.3 Å². The monoisotopic (exact) mass is 608 g/mol. The Morgan fingerprint density at radius 3 is 1.71 bits per heavy atom. The number of nitrogens with one attached hydrogen (secondary N) is 3. The van der Waals surface area contributed by atoms with E-state index in [4.69, 9.17) is 28.7 Å². The zero-order valence-corrected chi connectivity index (χ0v) is 24.6. The molecule has 3 amide bonds. The molecule has 16 heteroatoms. The van der Waals surface area contributed by atoms with E-state index >= 15 is 0 Å². The zero-order chi connectivity index (χ0) is 31.5. The lowest BCUT2D eigenvalue weighted by molar-refractivity contribution is -0.142. The smallest absolute Gasteiger partial charge is 0.326 e. The highest BCUT2D eigenvalue weighted by Gasteiger charge is 2.30. The van der Waals surface area contributed by atoms with Crippen LogP contribution in [0.2, 0.25) is 0 Å². The second kappa shape index (κ2) is 19.9. The quantitative estimate of drug-likeness (QED) is 0.0441. The van der Waals surface area contributed by atoms with E-state index in [1.165, 1.54) is 11.8 Å². The zero-order valence-electron chi connectivity index (χ0n) is 23.8. The first kappa shape index (κ1) is 36.0. The molecular weight excluding hydrogens is 564 g/mol. The van der Waals surface area contributed by atoms with Crippen LogP contribution >= 0.6 is 11.8 Å². The number of aliphatic carboxylic acids is 1. The lowest BCUT2D eigenvalue weighted by Crippen LogP contribution is -2.57. The second-order valence-electron chi connectivity index (χ2n) is 9.50. The Kier molecular flexibility index (Phi) is 17.1. The number of nitrogens with two attached hydrogens (primary N) is 5. The minimum absolute atomic E-state index is 0.0357. The Balaban J connectivity index is 3.10. The summed E-state index contributed by atoms with van der Waals surface area (Å²) in [7, 11) is 0. The molecule has 0 saturated carbocycles. The van der Waals surface area contributed by atoms with Crippen LogP contribution in [-0.2, 0) is 25.6 Å². The minimum Gasteiger partial charge on any atom is -0.480 e. The van der Waals surface area contributed by atoms with Crippen LogP contribution in [0.3, 0.4) is 0 Å². The summed E-state index contributed by atoms with van der Waals surface area (Å²) < 4.78 is 0. The van der Waals surface area contributed by atoms with Crippen LogP contribution in [0.15, 0.2) is 40.3 Å². The Morgan fingerprint density at radius 1 is 0.786 bits per heavy atom. The van der Waals surface area contributed by atoms with Crippen LogP contribution in [0.25, 0.3) is 0 Å². The van der Waals surface area contributed by atoms with Gasteiger partial charge < -0.3 is 49.7 Å². The molecule has 0 aromatic heterocycles. The number of hydrogen-bond acceptors (Lipinski definition) is 8. The number of carboxylic acids is 1. The van der Waals surface area contributed by atoms with Gasteiger partial charge in [-0.15, -0.1) is 0 Å². The van der Waals surface area contributed by atoms with Crippen molar-refractivity contribution >= 4 is 47.4 Å². The molecule has 1 rings (SSSR count). The van der Waals surface area contributed by atoms with Gasteiger partial charge in [-0.2, -0.15) is 11.8 Å². The van der Waals surface area contributed by atoms with Gasteiger partial charge in [0.05, 0.1) is 6.04 Å². The number of nitrogens with zero attached hydrogens (tertiary/aromatic N) is 2. The summed E-state index contributed by atoms with van der Waals surface area (Å²) in [5.41, 5.74) is 28.2. The van der Waals surface area contributed by atoms with Crippen LogP contribution in [0.4, 0.5) is 0 Å². The Hall–Kier alpha value is -4.05. The van der Waals surface area contributed by atoms with Crippen molar-refractivity contribution in [2.45, 2.75) is 62.7 Å². The number of aliphatic imine (C=N–C) groups is 2. The third kappa shape index (κ3) is 15.1. The van der Waals surface area contributed by atoms with Crippen LogP contribution in [0, 0.1) is 0 Å². The third-order valence-electron chi connectivity index (χ3n) is 6.02. The van der Waals surface area contributed by atoms with E-state index in [0.29, 0.717) is 30.6 Å². The maximum absolute atomic E-state index is 13.4. The number of thioether (sulfide) groups is 1. The molecule has 0 saturated heterocycles. The Bertz CT molecular complexity index is 1060. The molecule has 0 fully saturated rings. The van der Waals surface area contributed by atoms with Gasteiger partial charge in [-0.3, -0.25) is 24.4 Å². The lowest BCUT2D eigenvalue weighted by Gasteiger charge is -2.25. The standard InChI is InChI=1S/C26H44N10O5S/c1-42-14-11-17(27)21(37)34-18(9-5-12-32-25(28)29)22(38)35-19(10-6-13-33-26(30)31)23(39)36-20(24(40)41)15-16-7-3-2-4-8-16/h2-4,7-8,17-20H,5-6,9-15,27H2,1H3,(H,34,37)(H,35,38)(H,36,39)(H,40,41)(H4,28,29,32)(H4,30,31,33). The van der Waals surface area contributed by atoms with Gasteiger partial charge in [-0.1, -0.05) is 30.3 Å². The van der Waals surface area contributed by atoms with Gasteiger partial charge >= 0.3 is 5.97 Å².